The minimum Gasteiger partial charge on any atom is -0.463 e. The summed E-state index contributed by atoms with van der Waals surface area (Å²) in [6.07, 6.45) is 0. The smallest absolute Gasteiger partial charge is 0.338 e. The van der Waals surface area contributed by atoms with E-state index in [4.69, 9.17) is 17.0 Å². The Morgan fingerprint density at radius 1 is 1.28 bits per heavy atom. The molecule has 29 heavy (non-hydrogen) atoms. The van der Waals surface area contributed by atoms with Crippen LogP contribution in [0.2, 0.25) is 0 Å². The molecule has 0 aromatic heterocycles. The average Bonchev–Trinajstić information content (AvgIpc) is 2.70. The van der Waals surface area contributed by atoms with Gasteiger partial charge in [0, 0.05) is 30.9 Å². The van der Waals surface area contributed by atoms with Crippen molar-refractivity contribution in [2.45, 2.75) is 33.7 Å². The van der Waals surface area contributed by atoms with Crippen LogP contribution in [0, 0.1) is 10.1 Å². The Labute approximate surface area is 176 Å². The van der Waals surface area contributed by atoms with Crippen molar-refractivity contribution in [1.82, 2.24) is 15.1 Å². The van der Waals surface area contributed by atoms with Gasteiger partial charge < -0.3 is 19.9 Å². The molecule has 0 amide bonds. The third-order valence-electron chi connectivity index (χ3n) is 5.06. The number of allylic oxidation sites excluding steroid dienone is 1. The number of likely N-dealkylation sites (N-methyl/N-ethyl adjacent to an activating group) is 1. The predicted octanol–water partition coefficient (Wildman–Crippen LogP) is 3.00. The molecule has 9 heteroatoms. The molecular formula is C20H28N4O4S. The zero-order valence-corrected chi connectivity index (χ0v) is 18.1. The molecule has 0 saturated carbocycles. The van der Waals surface area contributed by atoms with Crippen molar-refractivity contribution in [1.29, 1.82) is 0 Å². The van der Waals surface area contributed by atoms with E-state index < -0.39 is 16.9 Å². The van der Waals surface area contributed by atoms with E-state index in [0.717, 1.165) is 25.3 Å². The number of hydrogen-bond acceptors (Lipinski definition) is 6. The molecule has 1 atom stereocenters. The maximum atomic E-state index is 12.8. The van der Waals surface area contributed by atoms with Crippen molar-refractivity contribution in [3.63, 3.8) is 0 Å². The topological polar surface area (TPSA) is 88.0 Å². The predicted molar refractivity (Wildman–Crippen MR) is 115 cm³/mol. The molecule has 1 aliphatic rings. The molecule has 8 nitrogen and oxygen atoms in total. The molecule has 0 saturated heterocycles. The van der Waals surface area contributed by atoms with Gasteiger partial charge in [-0.25, -0.2) is 4.79 Å². The van der Waals surface area contributed by atoms with E-state index in [-0.39, 0.29) is 12.3 Å². The van der Waals surface area contributed by atoms with Crippen molar-refractivity contribution in [3.05, 3.63) is 51.2 Å². The summed E-state index contributed by atoms with van der Waals surface area (Å²) in [6.45, 7) is 11.4. The van der Waals surface area contributed by atoms with Crippen molar-refractivity contribution >= 4 is 29.0 Å². The maximum Gasteiger partial charge on any atom is 0.338 e. The lowest BCUT2D eigenvalue weighted by Gasteiger charge is -2.38. The quantitative estimate of drug-likeness (QED) is 0.282. The van der Waals surface area contributed by atoms with Crippen LogP contribution in [0.5, 0.6) is 0 Å². The minimum absolute atomic E-state index is 0.00799. The van der Waals surface area contributed by atoms with E-state index in [9.17, 15) is 14.9 Å². The number of nitrogens with one attached hydrogen (secondary N) is 1. The van der Waals surface area contributed by atoms with Gasteiger partial charge in [-0.15, -0.1) is 0 Å². The van der Waals surface area contributed by atoms with Crippen molar-refractivity contribution in [3.8, 4) is 0 Å². The molecule has 158 valence electrons. The second-order valence-corrected chi connectivity index (χ2v) is 7.02. The molecule has 0 bridgehead atoms. The number of ether oxygens (including phenoxy) is 1. The van der Waals surface area contributed by atoms with E-state index >= 15 is 0 Å². The Kier molecular flexibility index (Phi) is 8.10. The van der Waals surface area contributed by atoms with E-state index in [1.165, 1.54) is 12.1 Å². The lowest BCUT2D eigenvalue weighted by molar-refractivity contribution is -0.384. The Bertz CT molecular complexity index is 790. The fraction of sp³-hybridized carbons (Fsp3) is 0.500. The Morgan fingerprint density at radius 3 is 2.41 bits per heavy atom. The number of carbonyl (C=O) groups excluding carboxylic acids is 1. The monoisotopic (exact) mass is 420 g/mol. The molecule has 1 aromatic rings. The maximum absolute atomic E-state index is 12.8. The molecule has 0 aliphatic carbocycles. The van der Waals surface area contributed by atoms with Gasteiger partial charge in [-0.2, -0.15) is 0 Å². The van der Waals surface area contributed by atoms with Crippen LogP contribution >= 0.6 is 12.2 Å². The van der Waals surface area contributed by atoms with E-state index in [0.29, 0.717) is 22.8 Å². The third-order valence-corrected chi connectivity index (χ3v) is 5.40. The van der Waals surface area contributed by atoms with Crippen LogP contribution in [-0.4, -0.2) is 58.6 Å². The van der Waals surface area contributed by atoms with Crippen molar-refractivity contribution in [2.75, 3.05) is 32.8 Å². The van der Waals surface area contributed by atoms with Gasteiger partial charge in [-0.05, 0) is 56.9 Å². The van der Waals surface area contributed by atoms with Crippen molar-refractivity contribution < 1.29 is 14.5 Å². The highest BCUT2D eigenvalue weighted by atomic mass is 32.1. The number of thiocarbonyl (C=S) groups is 1. The lowest BCUT2D eigenvalue weighted by atomic mass is 9.95. The Balaban J connectivity index is 2.40. The largest absolute Gasteiger partial charge is 0.463 e. The zero-order chi connectivity index (χ0) is 21.6. The summed E-state index contributed by atoms with van der Waals surface area (Å²) in [5.74, 6) is -0.420. The van der Waals surface area contributed by atoms with Gasteiger partial charge in [0.05, 0.1) is 23.1 Å². The fourth-order valence-electron chi connectivity index (χ4n) is 3.34. The summed E-state index contributed by atoms with van der Waals surface area (Å²) in [7, 11) is 0. The third kappa shape index (κ3) is 5.30. The van der Waals surface area contributed by atoms with Crippen LogP contribution in [0.25, 0.3) is 0 Å². The summed E-state index contributed by atoms with van der Waals surface area (Å²) in [4.78, 5) is 27.5. The van der Waals surface area contributed by atoms with Crippen molar-refractivity contribution in [2.24, 2.45) is 0 Å². The molecule has 1 N–H and O–H groups in total. The first-order valence-electron chi connectivity index (χ1n) is 9.76. The lowest BCUT2D eigenvalue weighted by Crippen LogP contribution is -2.49. The summed E-state index contributed by atoms with van der Waals surface area (Å²) in [5, 5.41) is 14.7. The number of nitrogens with zero attached hydrogens (tertiary/aromatic N) is 3. The van der Waals surface area contributed by atoms with Crippen LogP contribution < -0.4 is 5.32 Å². The van der Waals surface area contributed by atoms with Gasteiger partial charge in [0.25, 0.3) is 5.69 Å². The average molecular weight is 421 g/mol. The number of nitro groups is 1. The molecule has 0 radical (unpaired) electrons. The van der Waals surface area contributed by atoms with Gasteiger partial charge in [-0.3, -0.25) is 10.1 Å². The molecule has 1 aromatic carbocycles. The summed E-state index contributed by atoms with van der Waals surface area (Å²) < 4.78 is 5.29. The van der Waals surface area contributed by atoms with Crippen LogP contribution in [-0.2, 0) is 9.53 Å². The van der Waals surface area contributed by atoms with Crippen LogP contribution in [0.3, 0.4) is 0 Å². The molecular weight excluding hydrogens is 392 g/mol. The first kappa shape index (κ1) is 22.8. The highest BCUT2D eigenvalue weighted by Gasteiger charge is 2.34. The first-order valence-corrected chi connectivity index (χ1v) is 10.2. The highest BCUT2D eigenvalue weighted by Crippen LogP contribution is 2.32. The molecule has 1 heterocycles. The highest BCUT2D eigenvalue weighted by molar-refractivity contribution is 7.80. The second-order valence-electron chi connectivity index (χ2n) is 6.63. The Morgan fingerprint density at radius 2 is 1.90 bits per heavy atom. The first-order chi connectivity index (χ1) is 13.8. The van der Waals surface area contributed by atoms with Gasteiger partial charge in [0.2, 0.25) is 0 Å². The van der Waals surface area contributed by atoms with E-state index in [2.05, 4.69) is 24.1 Å². The molecule has 1 aliphatic heterocycles. The van der Waals surface area contributed by atoms with Gasteiger partial charge in [-0.1, -0.05) is 13.8 Å². The van der Waals surface area contributed by atoms with Gasteiger partial charge in [0.1, 0.15) is 0 Å². The van der Waals surface area contributed by atoms with Crippen LogP contribution in [0.1, 0.15) is 39.3 Å². The van der Waals surface area contributed by atoms with Gasteiger partial charge in [0.15, 0.2) is 5.11 Å². The molecule has 2 rings (SSSR count). The number of nitro benzene ring substituents is 1. The van der Waals surface area contributed by atoms with E-state index in [1.54, 1.807) is 19.1 Å². The van der Waals surface area contributed by atoms with Crippen LogP contribution in [0.4, 0.5) is 5.69 Å². The Hall–Kier alpha value is -2.52. The summed E-state index contributed by atoms with van der Waals surface area (Å²) in [6, 6.07) is 5.59. The number of hydrogen-bond donors (Lipinski definition) is 1. The molecule has 0 spiro atoms. The summed E-state index contributed by atoms with van der Waals surface area (Å²) >= 11 is 5.58. The fourth-order valence-corrected chi connectivity index (χ4v) is 3.69. The number of non-ortho nitro benzene ring substituents is 1. The zero-order valence-electron chi connectivity index (χ0n) is 17.3. The number of esters is 1. The molecule has 0 fully saturated rings. The number of carbonyl (C=O) groups is 1. The number of rotatable bonds is 9. The second kappa shape index (κ2) is 10.3. The normalized spacial score (nSPS) is 16.8. The minimum atomic E-state index is -0.521. The number of benzene rings is 1. The standard InChI is InChI=1S/C20H28N4O4S/c1-5-22(6-2)12-13-23-14(4)17(19(25)28-7-3)18(21-20(23)29)15-8-10-16(11-9-15)24(26)27/h8-11,18H,5-7,12-13H2,1-4H3,(H,21,29)/t18-/m1/s1. The van der Waals surface area contributed by atoms with Crippen LogP contribution in [0.15, 0.2) is 35.5 Å². The SMILES string of the molecule is CCOC(=O)C1=C(C)N(CCN(CC)CC)C(=S)N[C@@H]1c1ccc([N+](=O)[O-])cc1. The summed E-state index contributed by atoms with van der Waals surface area (Å²) in [5.41, 5.74) is 1.91. The van der Waals surface area contributed by atoms with Gasteiger partial charge >= 0.3 is 5.97 Å². The van der Waals surface area contributed by atoms with E-state index in [1.807, 2.05) is 11.8 Å². The molecule has 0 unspecified atom stereocenters.